The highest BCUT2D eigenvalue weighted by atomic mass is 19.3. The predicted octanol–water partition coefficient (Wildman–Crippen LogP) is 3.67. The van der Waals surface area contributed by atoms with Crippen molar-refractivity contribution in [3.05, 3.63) is 77.9 Å². The number of hydrogen-bond acceptors (Lipinski definition) is 5. The second-order valence-electron chi connectivity index (χ2n) is 10.3. The standard InChI is InChI=1S/C26H26F4N4O3/c1-33(2)22(35)10-37-19-6-3-17(4-7-19)23-11-24(12-23,13-23)26(29,30)25(36,14-34-16-31-15-32-34)20-8-5-18(27)9-21(20)28/h3-9,15-16,36H,10-14H2,1-2H3/t23?,24?,25-/m1/s1. The van der Waals surface area contributed by atoms with Crippen molar-refractivity contribution >= 4 is 5.91 Å². The fraction of sp³-hybridized carbons (Fsp3) is 0.423. The summed E-state index contributed by atoms with van der Waals surface area (Å²) in [5.74, 6) is -5.66. The predicted molar refractivity (Wildman–Crippen MR) is 124 cm³/mol. The molecule has 196 valence electrons. The lowest BCUT2D eigenvalue weighted by molar-refractivity contribution is -0.347. The summed E-state index contributed by atoms with van der Waals surface area (Å²) in [5, 5.41) is 15.3. The van der Waals surface area contributed by atoms with Crippen LogP contribution in [0.1, 0.15) is 30.4 Å². The molecule has 0 aliphatic heterocycles. The first-order chi connectivity index (χ1) is 17.4. The van der Waals surface area contributed by atoms with Gasteiger partial charge in [-0.3, -0.25) is 4.79 Å². The van der Waals surface area contributed by atoms with Gasteiger partial charge in [-0.1, -0.05) is 12.1 Å². The monoisotopic (exact) mass is 518 g/mol. The number of aromatic nitrogens is 3. The van der Waals surface area contributed by atoms with Crippen LogP contribution in [0.15, 0.2) is 55.1 Å². The van der Waals surface area contributed by atoms with E-state index in [0.717, 1.165) is 35.0 Å². The second-order valence-corrected chi connectivity index (χ2v) is 10.3. The molecule has 6 rings (SSSR count). The normalized spacial score (nSPS) is 24.0. The zero-order valence-corrected chi connectivity index (χ0v) is 20.3. The van der Waals surface area contributed by atoms with Crippen LogP contribution in [0.25, 0.3) is 0 Å². The van der Waals surface area contributed by atoms with Gasteiger partial charge in [0.1, 0.15) is 30.0 Å². The lowest BCUT2D eigenvalue weighted by atomic mass is 9.30. The van der Waals surface area contributed by atoms with E-state index in [-0.39, 0.29) is 31.8 Å². The fourth-order valence-electron chi connectivity index (χ4n) is 5.77. The number of aliphatic hydroxyl groups is 1. The van der Waals surface area contributed by atoms with E-state index in [9.17, 15) is 18.7 Å². The van der Waals surface area contributed by atoms with E-state index in [1.54, 1.807) is 38.4 Å². The molecule has 1 atom stereocenters. The third-order valence-electron chi connectivity index (χ3n) is 7.78. The maximum atomic E-state index is 16.3. The SMILES string of the molecule is CN(C)C(=O)COc1ccc(C23CC(C(F)(F)[C@@](O)(Cn4cncn4)c4ccc(F)cc4F)(C2)C3)cc1. The van der Waals surface area contributed by atoms with Gasteiger partial charge < -0.3 is 14.7 Å². The van der Waals surface area contributed by atoms with Crippen molar-refractivity contribution < 1.29 is 32.2 Å². The average Bonchev–Trinajstić information content (AvgIpc) is 3.28. The Kier molecular flexibility index (Phi) is 5.82. The third-order valence-corrected chi connectivity index (χ3v) is 7.78. The number of alkyl halides is 2. The topological polar surface area (TPSA) is 80.5 Å². The number of hydrogen-bond donors (Lipinski definition) is 1. The zero-order valence-electron chi connectivity index (χ0n) is 20.3. The molecule has 7 nitrogen and oxygen atoms in total. The number of benzene rings is 2. The number of halogens is 4. The molecule has 11 heteroatoms. The van der Waals surface area contributed by atoms with E-state index in [0.29, 0.717) is 11.8 Å². The van der Waals surface area contributed by atoms with Crippen molar-refractivity contribution in [2.24, 2.45) is 5.41 Å². The molecule has 2 bridgehead atoms. The smallest absolute Gasteiger partial charge is 0.287 e. The molecule has 3 aliphatic carbocycles. The van der Waals surface area contributed by atoms with Gasteiger partial charge in [-0.2, -0.15) is 5.10 Å². The highest BCUT2D eigenvalue weighted by molar-refractivity contribution is 5.77. The van der Waals surface area contributed by atoms with E-state index in [2.05, 4.69) is 10.1 Å². The molecule has 1 amide bonds. The van der Waals surface area contributed by atoms with Gasteiger partial charge in [-0.05, 0) is 54.5 Å². The Morgan fingerprint density at radius 2 is 1.81 bits per heavy atom. The van der Waals surface area contributed by atoms with Crippen molar-refractivity contribution in [3.63, 3.8) is 0 Å². The summed E-state index contributed by atoms with van der Waals surface area (Å²) in [6, 6.07) is 9.15. The molecule has 0 spiro atoms. The molecule has 2 aromatic carbocycles. The minimum absolute atomic E-state index is 0.0921. The second kappa shape index (κ2) is 8.54. The van der Waals surface area contributed by atoms with Crippen LogP contribution in [0, 0.1) is 17.0 Å². The van der Waals surface area contributed by atoms with Crippen LogP contribution in [-0.2, 0) is 22.4 Å². The molecule has 0 unspecified atom stereocenters. The van der Waals surface area contributed by atoms with Gasteiger partial charge in [0.15, 0.2) is 12.2 Å². The number of likely N-dealkylation sites (N-methyl/N-ethyl adjacent to an activating group) is 1. The summed E-state index contributed by atoms with van der Waals surface area (Å²) in [6.45, 7) is -0.869. The van der Waals surface area contributed by atoms with E-state index in [1.165, 1.54) is 4.90 Å². The van der Waals surface area contributed by atoms with Crippen molar-refractivity contribution in [3.8, 4) is 5.75 Å². The first kappa shape index (κ1) is 25.2. The molecule has 3 aromatic rings. The van der Waals surface area contributed by atoms with Crippen LogP contribution < -0.4 is 4.74 Å². The van der Waals surface area contributed by atoms with Crippen molar-refractivity contribution in [2.75, 3.05) is 20.7 Å². The average molecular weight is 519 g/mol. The van der Waals surface area contributed by atoms with Gasteiger partial charge in [-0.25, -0.2) is 27.2 Å². The van der Waals surface area contributed by atoms with Crippen LogP contribution in [0.3, 0.4) is 0 Å². The molecule has 0 saturated heterocycles. The summed E-state index contributed by atoms with van der Waals surface area (Å²) in [7, 11) is 3.25. The van der Waals surface area contributed by atoms with E-state index in [4.69, 9.17) is 4.74 Å². The molecular formula is C26H26F4N4O3. The highest BCUT2D eigenvalue weighted by Gasteiger charge is 2.82. The Morgan fingerprint density at radius 1 is 1.14 bits per heavy atom. The van der Waals surface area contributed by atoms with Crippen LogP contribution >= 0.6 is 0 Å². The number of ether oxygens (including phenoxy) is 1. The molecule has 0 radical (unpaired) electrons. The molecule has 3 fully saturated rings. The van der Waals surface area contributed by atoms with Crippen LogP contribution in [0.5, 0.6) is 5.75 Å². The van der Waals surface area contributed by atoms with Crippen molar-refractivity contribution in [2.45, 2.75) is 42.7 Å². The van der Waals surface area contributed by atoms with Gasteiger partial charge in [0.25, 0.3) is 11.8 Å². The van der Waals surface area contributed by atoms with E-state index >= 15 is 8.78 Å². The number of amides is 1. The van der Waals surface area contributed by atoms with Crippen molar-refractivity contribution in [1.29, 1.82) is 0 Å². The first-order valence-electron chi connectivity index (χ1n) is 11.7. The molecule has 1 N–H and O–H groups in total. The maximum Gasteiger partial charge on any atom is 0.287 e. The Morgan fingerprint density at radius 3 is 2.38 bits per heavy atom. The highest BCUT2D eigenvalue weighted by Crippen LogP contribution is 2.80. The van der Waals surface area contributed by atoms with Gasteiger partial charge in [0, 0.05) is 31.1 Å². The summed E-state index contributed by atoms with van der Waals surface area (Å²) in [6.07, 6.45) is 2.56. The number of carbonyl (C=O) groups is 1. The van der Waals surface area contributed by atoms with Gasteiger partial charge in [0.2, 0.25) is 0 Å². The maximum absolute atomic E-state index is 16.3. The molecule has 1 heterocycles. The Hall–Kier alpha value is -3.47. The lowest BCUT2D eigenvalue weighted by Gasteiger charge is -2.74. The number of carbonyl (C=O) groups excluding carboxylic acids is 1. The summed E-state index contributed by atoms with van der Waals surface area (Å²) in [5.41, 5.74) is -4.87. The quantitative estimate of drug-likeness (QED) is 0.438. The van der Waals surface area contributed by atoms with Crippen LogP contribution in [0.4, 0.5) is 17.6 Å². The van der Waals surface area contributed by atoms with Crippen molar-refractivity contribution in [1.82, 2.24) is 19.7 Å². The summed E-state index contributed by atoms with van der Waals surface area (Å²) >= 11 is 0. The van der Waals surface area contributed by atoms with E-state index in [1.807, 2.05) is 0 Å². The minimum atomic E-state index is -3.76. The zero-order chi connectivity index (χ0) is 26.6. The molecule has 37 heavy (non-hydrogen) atoms. The van der Waals surface area contributed by atoms with Gasteiger partial charge in [0.05, 0.1) is 6.54 Å². The van der Waals surface area contributed by atoms with Gasteiger partial charge >= 0.3 is 0 Å². The lowest BCUT2D eigenvalue weighted by Crippen LogP contribution is -2.76. The fourth-order valence-corrected chi connectivity index (χ4v) is 5.77. The van der Waals surface area contributed by atoms with Crippen LogP contribution in [-0.4, -0.2) is 57.3 Å². The summed E-state index contributed by atoms with van der Waals surface area (Å²) in [4.78, 5) is 16.9. The third kappa shape index (κ3) is 3.87. The largest absolute Gasteiger partial charge is 0.484 e. The first-order valence-corrected chi connectivity index (χ1v) is 11.7. The number of rotatable bonds is 9. The summed E-state index contributed by atoms with van der Waals surface area (Å²) < 4.78 is 67.3. The molecule has 1 aromatic heterocycles. The molecule has 3 aliphatic rings. The number of nitrogens with zero attached hydrogens (tertiary/aromatic N) is 4. The van der Waals surface area contributed by atoms with Crippen LogP contribution in [0.2, 0.25) is 0 Å². The van der Waals surface area contributed by atoms with E-state index < -0.39 is 46.1 Å². The Bertz CT molecular complexity index is 1290. The molecule has 3 saturated carbocycles. The molecular weight excluding hydrogens is 492 g/mol. The Labute approximate surface area is 210 Å². The minimum Gasteiger partial charge on any atom is -0.484 e. The Balaban J connectivity index is 1.37. The van der Waals surface area contributed by atoms with Gasteiger partial charge in [-0.15, -0.1) is 0 Å².